The standard InChI is InChI=1S/C24H29ClN6O2/c1-13(2)23-22-20(30-31(23)4)9-8-19(28-22)17-11-21(26-12-18(17)25)29-24(33)15-6-5-7-16(10-15)27-14(3)32/h8-9,11-13,15-16H,5-7,10H2,1-4H3,(H,27,32)(H,26,29,33)/t15?,16-/m1/s1. The minimum Gasteiger partial charge on any atom is -0.354 e. The molecule has 0 saturated heterocycles. The molecule has 0 spiro atoms. The van der Waals surface area contributed by atoms with Crippen LogP contribution in [0.3, 0.4) is 0 Å². The van der Waals surface area contributed by atoms with Crippen LogP contribution < -0.4 is 10.6 Å². The molecule has 2 atom stereocenters. The summed E-state index contributed by atoms with van der Waals surface area (Å²) in [7, 11) is 1.92. The Balaban J connectivity index is 1.58. The third-order valence-electron chi connectivity index (χ3n) is 6.10. The van der Waals surface area contributed by atoms with Crippen LogP contribution in [0, 0.1) is 5.92 Å². The number of anilines is 1. The second-order valence-corrected chi connectivity index (χ2v) is 9.43. The lowest BCUT2D eigenvalue weighted by atomic mass is 9.85. The quantitative estimate of drug-likeness (QED) is 0.576. The molecule has 3 aromatic rings. The first kappa shape index (κ1) is 23.2. The molecule has 1 fully saturated rings. The highest BCUT2D eigenvalue weighted by Gasteiger charge is 2.28. The van der Waals surface area contributed by atoms with Crippen LogP contribution >= 0.6 is 11.6 Å². The molecule has 0 aliphatic heterocycles. The molecule has 4 rings (SSSR count). The number of amides is 2. The van der Waals surface area contributed by atoms with E-state index in [-0.39, 0.29) is 29.7 Å². The molecule has 1 aliphatic rings. The van der Waals surface area contributed by atoms with Crippen molar-refractivity contribution in [2.45, 2.75) is 58.4 Å². The maximum atomic E-state index is 12.9. The molecule has 9 heteroatoms. The number of hydrogen-bond donors (Lipinski definition) is 2. The maximum absolute atomic E-state index is 12.9. The fraction of sp³-hybridized carbons (Fsp3) is 0.458. The van der Waals surface area contributed by atoms with Gasteiger partial charge in [-0.2, -0.15) is 5.10 Å². The Labute approximate surface area is 198 Å². The van der Waals surface area contributed by atoms with Crippen molar-refractivity contribution in [3.8, 4) is 11.3 Å². The van der Waals surface area contributed by atoms with Crippen molar-refractivity contribution >= 4 is 40.3 Å². The molecular weight excluding hydrogens is 440 g/mol. The van der Waals surface area contributed by atoms with Gasteiger partial charge in [0.15, 0.2) is 0 Å². The number of nitrogens with one attached hydrogen (secondary N) is 2. The van der Waals surface area contributed by atoms with Gasteiger partial charge in [-0.1, -0.05) is 31.9 Å². The molecular formula is C24H29ClN6O2. The SMILES string of the molecule is CC(=O)N[C@@H]1CCCC(C(=O)Nc2cc(-c3ccc4nn(C)c(C(C)C)c4n3)c(Cl)cn2)C1. The summed E-state index contributed by atoms with van der Waals surface area (Å²) in [5.41, 5.74) is 4.12. The van der Waals surface area contributed by atoms with Crippen molar-refractivity contribution in [3.63, 3.8) is 0 Å². The number of aromatic nitrogens is 4. The van der Waals surface area contributed by atoms with Crippen LogP contribution in [0.2, 0.25) is 5.02 Å². The summed E-state index contributed by atoms with van der Waals surface area (Å²) in [5, 5.41) is 10.9. The van der Waals surface area contributed by atoms with Crippen molar-refractivity contribution in [2.24, 2.45) is 13.0 Å². The Morgan fingerprint density at radius 2 is 2.03 bits per heavy atom. The van der Waals surface area contributed by atoms with E-state index in [1.165, 1.54) is 13.1 Å². The summed E-state index contributed by atoms with van der Waals surface area (Å²) >= 11 is 6.47. The summed E-state index contributed by atoms with van der Waals surface area (Å²) in [6.45, 7) is 5.73. The summed E-state index contributed by atoms with van der Waals surface area (Å²) < 4.78 is 1.87. The highest BCUT2D eigenvalue weighted by Crippen LogP contribution is 2.32. The first-order chi connectivity index (χ1) is 15.7. The largest absolute Gasteiger partial charge is 0.354 e. The zero-order chi connectivity index (χ0) is 23.7. The summed E-state index contributed by atoms with van der Waals surface area (Å²) in [6, 6.07) is 5.61. The van der Waals surface area contributed by atoms with Crippen LogP contribution in [0.15, 0.2) is 24.4 Å². The summed E-state index contributed by atoms with van der Waals surface area (Å²) in [4.78, 5) is 33.4. The number of carbonyl (C=O) groups is 2. The number of carbonyl (C=O) groups excluding carboxylic acids is 2. The molecule has 3 aromatic heterocycles. The summed E-state index contributed by atoms with van der Waals surface area (Å²) in [6.07, 6.45) is 4.75. The van der Waals surface area contributed by atoms with Gasteiger partial charge in [-0.05, 0) is 43.4 Å². The van der Waals surface area contributed by atoms with E-state index in [0.717, 1.165) is 36.0 Å². The minimum absolute atomic E-state index is 0.0336. The van der Waals surface area contributed by atoms with E-state index in [2.05, 4.69) is 34.6 Å². The highest BCUT2D eigenvalue weighted by atomic mass is 35.5. The Hall–Kier alpha value is -3.00. The molecule has 1 unspecified atom stereocenters. The van der Waals surface area contributed by atoms with Crippen molar-refractivity contribution in [3.05, 3.63) is 35.1 Å². The number of hydrogen-bond acceptors (Lipinski definition) is 5. The van der Waals surface area contributed by atoms with E-state index in [1.807, 2.05) is 23.9 Å². The fourth-order valence-corrected chi connectivity index (χ4v) is 4.87. The van der Waals surface area contributed by atoms with E-state index >= 15 is 0 Å². The van der Waals surface area contributed by atoms with Gasteiger partial charge >= 0.3 is 0 Å². The van der Waals surface area contributed by atoms with Gasteiger partial charge in [0.25, 0.3) is 0 Å². The van der Waals surface area contributed by atoms with Gasteiger partial charge in [0.2, 0.25) is 11.8 Å². The summed E-state index contributed by atoms with van der Waals surface area (Å²) in [5.74, 6) is 0.364. The zero-order valence-corrected chi connectivity index (χ0v) is 20.1. The average Bonchev–Trinajstić information content (AvgIpc) is 3.09. The smallest absolute Gasteiger partial charge is 0.228 e. The number of fused-ring (bicyclic) bond motifs is 1. The molecule has 0 bridgehead atoms. The minimum atomic E-state index is -0.171. The van der Waals surface area contributed by atoms with Crippen LogP contribution in [0.25, 0.3) is 22.3 Å². The lowest BCUT2D eigenvalue weighted by Crippen LogP contribution is -2.40. The number of aryl methyl sites for hydroxylation is 1. The zero-order valence-electron chi connectivity index (χ0n) is 19.4. The lowest BCUT2D eigenvalue weighted by Gasteiger charge is -2.28. The normalized spacial score (nSPS) is 18.5. The van der Waals surface area contributed by atoms with E-state index < -0.39 is 0 Å². The van der Waals surface area contributed by atoms with Crippen LogP contribution in [0.1, 0.15) is 58.1 Å². The maximum Gasteiger partial charge on any atom is 0.228 e. The average molecular weight is 469 g/mol. The van der Waals surface area contributed by atoms with Gasteiger partial charge in [-0.3, -0.25) is 14.3 Å². The lowest BCUT2D eigenvalue weighted by molar-refractivity contribution is -0.123. The molecule has 2 amide bonds. The van der Waals surface area contributed by atoms with Gasteiger partial charge < -0.3 is 10.6 Å². The van der Waals surface area contributed by atoms with E-state index in [9.17, 15) is 9.59 Å². The topological polar surface area (TPSA) is 102 Å². The molecule has 3 heterocycles. The van der Waals surface area contributed by atoms with Gasteiger partial charge in [0, 0.05) is 37.7 Å². The molecule has 174 valence electrons. The van der Waals surface area contributed by atoms with Crippen molar-refractivity contribution in [1.82, 2.24) is 25.1 Å². The monoisotopic (exact) mass is 468 g/mol. The molecule has 1 saturated carbocycles. The number of pyridine rings is 2. The predicted octanol–water partition coefficient (Wildman–Crippen LogP) is 4.44. The molecule has 2 N–H and O–H groups in total. The predicted molar refractivity (Wildman–Crippen MR) is 129 cm³/mol. The Bertz CT molecular complexity index is 1210. The molecule has 33 heavy (non-hydrogen) atoms. The second-order valence-electron chi connectivity index (χ2n) is 9.03. The number of nitrogens with zero attached hydrogens (tertiary/aromatic N) is 4. The Kier molecular flexibility index (Phi) is 6.65. The molecule has 1 aliphatic carbocycles. The van der Waals surface area contributed by atoms with Gasteiger partial charge in [0.05, 0.1) is 16.4 Å². The van der Waals surface area contributed by atoms with Crippen LogP contribution in [-0.4, -0.2) is 37.6 Å². The fourth-order valence-electron chi connectivity index (χ4n) is 4.66. The first-order valence-corrected chi connectivity index (χ1v) is 11.7. The highest BCUT2D eigenvalue weighted by molar-refractivity contribution is 6.33. The Morgan fingerprint density at radius 1 is 1.24 bits per heavy atom. The van der Waals surface area contributed by atoms with Crippen LogP contribution in [-0.2, 0) is 16.6 Å². The van der Waals surface area contributed by atoms with Gasteiger partial charge in [-0.15, -0.1) is 0 Å². The van der Waals surface area contributed by atoms with Crippen LogP contribution in [0.4, 0.5) is 5.82 Å². The molecule has 0 radical (unpaired) electrons. The van der Waals surface area contributed by atoms with Crippen LogP contribution in [0.5, 0.6) is 0 Å². The van der Waals surface area contributed by atoms with E-state index in [4.69, 9.17) is 16.6 Å². The number of halogens is 1. The van der Waals surface area contributed by atoms with Crippen molar-refractivity contribution < 1.29 is 9.59 Å². The van der Waals surface area contributed by atoms with E-state index in [1.54, 1.807) is 6.07 Å². The van der Waals surface area contributed by atoms with Gasteiger partial charge in [0.1, 0.15) is 16.9 Å². The van der Waals surface area contributed by atoms with E-state index in [0.29, 0.717) is 28.5 Å². The van der Waals surface area contributed by atoms with Gasteiger partial charge in [-0.25, -0.2) is 9.97 Å². The molecule has 0 aromatic carbocycles. The van der Waals surface area contributed by atoms with Crippen molar-refractivity contribution in [1.29, 1.82) is 0 Å². The van der Waals surface area contributed by atoms with Crippen molar-refractivity contribution in [2.75, 3.05) is 5.32 Å². The Morgan fingerprint density at radius 3 is 2.76 bits per heavy atom. The third-order valence-corrected chi connectivity index (χ3v) is 6.41. The molecule has 8 nitrogen and oxygen atoms in total. The third kappa shape index (κ3) is 5.00. The first-order valence-electron chi connectivity index (χ1n) is 11.3. The second kappa shape index (κ2) is 9.47. The number of rotatable bonds is 5.